The Hall–Kier alpha value is -1.63. The standard InChI is InChI=1S/C19H32N4O3/c1-13-8-17(2,3)11-19(9-13)15(25)23(16(26)22-19)10-14(24)21-18(12-20)6-4-5-7-18/h13H,4-12,20H2,1-3H3,(H,21,24)(H,22,26). The molecule has 7 nitrogen and oxygen atoms in total. The summed E-state index contributed by atoms with van der Waals surface area (Å²) in [7, 11) is 0. The lowest BCUT2D eigenvalue weighted by atomic mass is 9.64. The monoisotopic (exact) mass is 364 g/mol. The van der Waals surface area contributed by atoms with E-state index in [0.717, 1.165) is 37.0 Å². The quantitative estimate of drug-likeness (QED) is 0.658. The third-order valence-electron chi connectivity index (χ3n) is 6.28. The zero-order valence-corrected chi connectivity index (χ0v) is 16.2. The van der Waals surface area contributed by atoms with Gasteiger partial charge < -0.3 is 16.4 Å². The van der Waals surface area contributed by atoms with E-state index in [1.807, 2.05) is 0 Å². The van der Waals surface area contributed by atoms with Crippen molar-refractivity contribution >= 4 is 17.8 Å². The van der Waals surface area contributed by atoms with Crippen LogP contribution in [0.1, 0.15) is 65.7 Å². The number of hydrogen-bond acceptors (Lipinski definition) is 4. The maximum absolute atomic E-state index is 13.1. The van der Waals surface area contributed by atoms with Gasteiger partial charge in [0.15, 0.2) is 0 Å². The van der Waals surface area contributed by atoms with Crippen LogP contribution in [0.25, 0.3) is 0 Å². The molecule has 1 aliphatic heterocycles. The van der Waals surface area contributed by atoms with Crippen LogP contribution >= 0.6 is 0 Å². The number of nitrogens with zero attached hydrogens (tertiary/aromatic N) is 1. The Bertz CT molecular complexity index is 612. The van der Waals surface area contributed by atoms with Crippen molar-refractivity contribution in [2.75, 3.05) is 13.1 Å². The molecule has 0 aromatic rings. The maximum atomic E-state index is 13.1. The molecular formula is C19H32N4O3. The van der Waals surface area contributed by atoms with Crippen molar-refractivity contribution in [2.45, 2.75) is 76.8 Å². The van der Waals surface area contributed by atoms with Crippen LogP contribution in [0, 0.1) is 11.3 Å². The van der Waals surface area contributed by atoms with Crippen molar-refractivity contribution in [3.63, 3.8) is 0 Å². The summed E-state index contributed by atoms with van der Waals surface area (Å²) >= 11 is 0. The van der Waals surface area contributed by atoms with Crippen molar-refractivity contribution in [2.24, 2.45) is 17.1 Å². The second-order valence-electron chi connectivity index (χ2n) is 9.50. The van der Waals surface area contributed by atoms with Gasteiger partial charge in [-0.05, 0) is 43.4 Å². The molecule has 146 valence electrons. The SMILES string of the molecule is CC1CC(C)(C)CC2(C1)NC(=O)N(CC(=O)NC1(CN)CCCC1)C2=O. The molecular weight excluding hydrogens is 332 g/mol. The molecule has 4 amide bonds. The molecule has 0 aromatic heterocycles. The lowest BCUT2D eigenvalue weighted by Gasteiger charge is -2.43. The minimum Gasteiger partial charge on any atom is -0.348 e. The van der Waals surface area contributed by atoms with E-state index in [9.17, 15) is 14.4 Å². The number of carbonyl (C=O) groups excluding carboxylic acids is 3. The topological polar surface area (TPSA) is 105 Å². The molecule has 0 bridgehead atoms. The number of amides is 4. The van der Waals surface area contributed by atoms with E-state index >= 15 is 0 Å². The normalized spacial score (nSPS) is 32.8. The van der Waals surface area contributed by atoms with Gasteiger partial charge in [0.2, 0.25) is 5.91 Å². The van der Waals surface area contributed by atoms with Crippen LogP contribution < -0.4 is 16.4 Å². The summed E-state index contributed by atoms with van der Waals surface area (Å²) in [4.78, 5) is 39.2. The molecule has 3 fully saturated rings. The van der Waals surface area contributed by atoms with Crippen LogP contribution in [0.2, 0.25) is 0 Å². The van der Waals surface area contributed by atoms with Gasteiger partial charge in [0, 0.05) is 6.54 Å². The first kappa shape index (κ1) is 19.1. The van der Waals surface area contributed by atoms with Gasteiger partial charge in [0.1, 0.15) is 12.1 Å². The first-order valence-corrected chi connectivity index (χ1v) is 9.76. The van der Waals surface area contributed by atoms with E-state index in [1.54, 1.807) is 0 Å². The second-order valence-corrected chi connectivity index (χ2v) is 9.50. The molecule has 1 saturated heterocycles. The first-order chi connectivity index (χ1) is 12.1. The van der Waals surface area contributed by atoms with E-state index in [2.05, 4.69) is 31.4 Å². The van der Waals surface area contributed by atoms with Crippen molar-refractivity contribution in [3.05, 3.63) is 0 Å². The fraction of sp³-hybridized carbons (Fsp3) is 0.842. The van der Waals surface area contributed by atoms with E-state index in [1.165, 1.54) is 0 Å². The summed E-state index contributed by atoms with van der Waals surface area (Å²) in [6.07, 6.45) is 6.05. The van der Waals surface area contributed by atoms with Gasteiger partial charge in [0.25, 0.3) is 5.91 Å². The highest BCUT2D eigenvalue weighted by Gasteiger charge is 2.56. The molecule has 2 saturated carbocycles. The third-order valence-corrected chi connectivity index (χ3v) is 6.28. The number of carbonyl (C=O) groups is 3. The average Bonchev–Trinajstić information content (AvgIpc) is 3.05. The number of rotatable bonds is 4. The van der Waals surface area contributed by atoms with Gasteiger partial charge in [-0.15, -0.1) is 0 Å². The zero-order valence-electron chi connectivity index (χ0n) is 16.2. The molecule has 2 atom stereocenters. The summed E-state index contributed by atoms with van der Waals surface area (Å²) in [5.41, 5.74) is 4.60. The largest absolute Gasteiger partial charge is 0.348 e. The highest BCUT2D eigenvalue weighted by atomic mass is 16.2. The van der Waals surface area contributed by atoms with Crippen LogP contribution in [0.3, 0.4) is 0 Å². The number of urea groups is 1. The summed E-state index contributed by atoms with van der Waals surface area (Å²) in [5.74, 6) is -0.220. The lowest BCUT2D eigenvalue weighted by molar-refractivity contribution is -0.138. The van der Waals surface area contributed by atoms with Gasteiger partial charge in [-0.25, -0.2) is 4.79 Å². The number of nitrogens with one attached hydrogen (secondary N) is 2. The Labute approximate surface area is 155 Å². The molecule has 1 spiro atoms. The fourth-order valence-electron chi connectivity index (χ4n) is 5.56. The Morgan fingerprint density at radius 2 is 1.92 bits per heavy atom. The maximum Gasteiger partial charge on any atom is 0.325 e. The molecule has 3 rings (SSSR count). The Morgan fingerprint density at radius 3 is 2.50 bits per heavy atom. The van der Waals surface area contributed by atoms with Crippen molar-refractivity contribution < 1.29 is 14.4 Å². The number of nitrogens with two attached hydrogens (primary N) is 1. The molecule has 4 N–H and O–H groups in total. The predicted octanol–water partition coefficient (Wildman–Crippen LogP) is 1.51. The fourth-order valence-corrected chi connectivity index (χ4v) is 5.56. The molecule has 3 aliphatic rings. The minimum absolute atomic E-state index is 0.0215. The molecule has 26 heavy (non-hydrogen) atoms. The van der Waals surface area contributed by atoms with E-state index in [-0.39, 0.29) is 29.3 Å². The predicted molar refractivity (Wildman–Crippen MR) is 98.2 cm³/mol. The third kappa shape index (κ3) is 3.46. The Morgan fingerprint density at radius 1 is 1.27 bits per heavy atom. The smallest absolute Gasteiger partial charge is 0.325 e. The number of imide groups is 1. The lowest BCUT2D eigenvalue weighted by Crippen LogP contribution is -2.56. The van der Waals surface area contributed by atoms with E-state index < -0.39 is 11.6 Å². The molecule has 2 aliphatic carbocycles. The van der Waals surface area contributed by atoms with Crippen LogP contribution in [0.5, 0.6) is 0 Å². The van der Waals surface area contributed by atoms with E-state index in [0.29, 0.717) is 25.3 Å². The van der Waals surface area contributed by atoms with Crippen LogP contribution in [0.4, 0.5) is 4.79 Å². The van der Waals surface area contributed by atoms with Gasteiger partial charge in [-0.2, -0.15) is 0 Å². The Balaban J connectivity index is 1.70. The zero-order chi connectivity index (χ0) is 19.2. The summed E-state index contributed by atoms with van der Waals surface area (Å²) in [5, 5.41) is 5.90. The molecule has 0 aromatic carbocycles. The highest BCUT2D eigenvalue weighted by molar-refractivity contribution is 6.09. The van der Waals surface area contributed by atoms with Crippen LogP contribution in [-0.4, -0.2) is 46.9 Å². The second kappa shape index (κ2) is 6.51. The summed E-state index contributed by atoms with van der Waals surface area (Å²) in [6, 6.07) is -0.455. The van der Waals surface area contributed by atoms with Gasteiger partial charge in [0.05, 0.1) is 5.54 Å². The van der Waals surface area contributed by atoms with Crippen molar-refractivity contribution in [3.8, 4) is 0 Å². The van der Waals surface area contributed by atoms with Crippen LogP contribution in [-0.2, 0) is 9.59 Å². The highest BCUT2D eigenvalue weighted by Crippen LogP contribution is 2.46. The van der Waals surface area contributed by atoms with Gasteiger partial charge in [-0.1, -0.05) is 33.6 Å². The van der Waals surface area contributed by atoms with Crippen LogP contribution in [0.15, 0.2) is 0 Å². The number of hydrogen-bond donors (Lipinski definition) is 3. The van der Waals surface area contributed by atoms with Crippen molar-refractivity contribution in [1.82, 2.24) is 15.5 Å². The molecule has 1 heterocycles. The van der Waals surface area contributed by atoms with Gasteiger partial charge in [-0.3, -0.25) is 14.5 Å². The average molecular weight is 364 g/mol. The summed E-state index contributed by atoms with van der Waals surface area (Å²) in [6.45, 7) is 6.52. The minimum atomic E-state index is -0.864. The molecule has 7 heteroatoms. The Kier molecular flexibility index (Phi) is 4.80. The van der Waals surface area contributed by atoms with E-state index in [4.69, 9.17) is 5.73 Å². The molecule has 2 unspecified atom stereocenters. The summed E-state index contributed by atoms with van der Waals surface area (Å²) < 4.78 is 0. The van der Waals surface area contributed by atoms with Crippen molar-refractivity contribution in [1.29, 1.82) is 0 Å². The molecule has 0 radical (unpaired) electrons. The van der Waals surface area contributed by atoms with Gasteiger partial charge >= 0.3 is 6.03 Å². The first-order valence-electron chi connectivity index (χ1n) is 9.76.